The molecule has 3 heteroatoms. The maximum absolute atomic E-state index is 5.99. The van der Waals surface area contributed by atoms with E-state index in [1.54, 1.807) is 18.9 Å². The average molecular weight is 312 g/mol. The Morgan fingerprint density at radius 3 is 2.50 bits per heavy atom. The van der Waals surface area contributed by atoms with Crippen LogP contribution < -0.4 is 9.47 Å². The molecule has 0 aliphatic heterocycles. The zero-order chi connectivity index (χ0) is 15.8. The van der Waals surface area contributed by atoms with Gasteiger partial charge in [0.05, 0.1) is 12.7 Å². The summed E-state index contributed by atoms with van der Waals surface area (Å²) in [6.07, 6.45) is 3.98. The fraction of sp³-hybridized carbons (Fsp3) is 0.158. The van der Waals surface area contributed by atoms with Gasteiger partial charge in [-0.1, -0.05) is 43.0 Å². The summed E-state index contributed by atoms with van der Waals surface area (Å²) in [7, 11) is 1.66. The van der Waals surface area contributed by atoms with Crippen LogP contribution in [0.5, 0.6) is 11.5 Å². The molecule has 0 aromatic heterocycles. The van der Waals surface area contributed by atoms with E-state index in [4.69, 9.17) is 9.47 Å². The lowest BCUT2D eigenvalue weighted by Gasteiger charge is -2.15. The fourth-order valence-corrected chi connectivity index (χ4v) is 2.39. The highest BCUT2D eigenvalue weighted by Crippen LogP contribution is 2.35. The van der Waals surface area contributed by atoms with Gasteiger partial charge in [-0.25, -0.2) is 0 Å². The first kappa shape index (κ1) is 16.2. The van der Waals surface area contributed by atoms with Crippen molar-refractivity contribution in [3.8, 4) is 11.5 Å². The maximum atomic E-state index is 5.99. The van der Waals surface area contributed by atoms with Crippen LogP contribution in [0.4, 0.5) is 0 Å². The molecular weight excluding hydrogens is 292 g/mol. The van der Waals surface area contributed by atoms with E-state index in [0.29, 0.717) is 6.61 Å². The summed E-state index contributed by atoms with van der Waals surface area (Å²) < 4.78 is 11.4. The van der Waals surface area contributed by atoms with Crippen LogP contribution in [0.15, 0.2) is 66.6 Å². The van der Waals surface area contributed by atoms with E-state index in [-0.39, 0.29) is 0 Å². The molecule has 0 N–H and O–H groups in total. The Kier molecular flexibility index (Phi) is 6.16. The minimum absolute atomic E-state index is 0.514. The lowest BCUT2D eigenvalue weighted by atomic mass is 10.1. The third kappa shape index (κ3) is 4.18. The lowest BCUT2D eigenvalue weighted by molar-refractivity contribution is 0.302. The quantitative estimate of drug-likeness (QED) is 0.658. The largest absolute Gasteiger partial charge is 0.496 e. The highest BCUT2D eigenvalue weighted by Gasteiger charge is 2.12. The molecule has 114 valence electrons. The molecule has 0 aliphatic rings. The van der Waals surface area contributed by atoms with Crippen molar-refractivity contribution in [2.75, 3.05) is 13.4 Å². The summed E-state index contributed by atoms with van der Waals surface area (Å²) in [5.74, 6) is 1.54. The molecule has 0 saturated heterocycles. The van der Waals surface area contributed by atoms with Gasteiger partial charge in [0.2, 0.25) is 0 Å². The Hall–Kier alpha value is -2.13. The average Bonchev–Trinajstić information content (AvgIpc) is 2.58. The summed E-state index contributed by atoms with van der Waals surface area (Å²) >= 11 is 1.63. The monoisotopic (exact) mass is 312 g/mol. The van der Waals surface area contributed by atoms with Crippen LogP contribution in [-0.4, -0.2) is 13.4 Å². The van der Waals surface area contributed by atoms with Crippen molar-refractivity contribution in [1.82, 2.24) is 0 Å². The molecule has 2 aromatic carbocycles. The standard InChI is InChI=1S/C19H20O2S/c1-15(12-13-22-3)19-17(20-2)10-7-11-18(19)21-14-16-8-5-4-6-9-16/h4-13H,1,14H2,2-3H3/b13-12-. The molecule has 0 heterocycles. The molecule has 0 spiro atoms. The number of hydrogen-bond acceptors (Lipinski definition) is 3. The second-order valence-corrected chi connectivity index (χ2v) is 5.41. The Morgan fingerprint density at radius 1 is 1.09 bits per heavy atom. The van der Waals surface area contributed by atoms with Gasteiger partial charge < -0.3 is 9.47 Å². The van der Waals surface area contributed by atoms with Gasteiger partial charge in [0, 0.05) is 0 Å². The Balaban J connectivity index is 2.26. The predicted molar refractivity (Wildman–Crippen MR) is 95.5 cm³/mol. The van der Waals surface area contributed by atoms with E-state index in [9.17, 15) is 0 Å². The van der Waals surface area contributed by atoms with Crippen molar-refractivity contribution in [1.29, 1.82) is 0 Å². The highest BCUT2D eigenvalue weighted by atomic mass is 32.2. The number of hydrogen-bond donors (Lipinski definition) is 0. The Bertz CT molecular complexity index is 648. The molecular formula is C19H20O2S. The maximum Gasteiger partial charge on any atom is 0.131 e. The molecule has 0 aliphatic carbocycles. The zero-order valence-electron chi connectivity index (χ0n) is 12.9. The van der Waals surface area contributed by atoms with Crippen LogP contribution in [0.25, 0.3) is 5.57 Å². The zero-order valence-corrected chi connectivity index (χ0v) is 13.7. The summed E-state index contributed by atoms with van der Waals surface area (Å²) in [6, 6.07) is 15.9. The van der Waals surface area contributed by atoms with Crippen LogP contribution >= 0.6 is 11.8 Å². The molecule has 0 radical (unpaired) electrons. The van der Waals surface area contributed by atoms with Crippen molar-refractivity contribution in [3.05, 3.63) is 77.7 Å². The van der Waals surface area contributed by atoms with Gasteiger partial charge in [-0.05, 0) is 41.0 Å². The summed E-state index contributed by atoms with van der Waals surface area (Å²) in [5.41, 5.74) is 2.89. The summed E-state index contributed by atoms with van der Waals surface area (Å²) in [5, 5.41) is 2.00. The second-order valence-electron chi connectivity index (χ2n) is 4.67. The highest BCUT2D eigenvalue weighted by molar-refractivity contribution is 8.01. The molecule has 2 aromatic rings. The van der Waals surface area contributed by atoms with Gasteiger partial charge in [0.15, 0.2) is 0 Å². The van der Waals surface area contributed by atoms with Gasteiger partial charge >= 0.3 is 0 Å². The third-order valence-corrected chi connectivity index (χ3v) is 3.58. The molecule has 0 saturated carbocycles. The number of methoxy groups -OCH3 is 1. The van der Waals surface area contributed by atoms with E-state index >= 15 is 0 Å². The van der Waals surface area contributed by atoms with E-state index in [2.05, 4.69) is 6.58 Å². The Labute approximate surface area is 136 Å². The van der Waals surface area contributed by atoms with Crippen LogP contribution in [0.1, 0.15) is 11.1 Å². The number of ether oxygens (including phenoxy) is 2. The molecule has 22 heavy (non-hydrogen) atoms. The number of allylic oxidation sites excluding steroid dienone is 2. The molecule has 0 unspecified atom stereocenters. The minimum atomic E-state index is 0.514. The molecule has 0 amide bonds. The van der Waals surface area contributed by atoms with E-state index < -0.39 is 0 Å². The van der Waals surface area contributed by atoms with Gasteiger partial charge in [-0.15, -0.1) is 11.8 Å². The SMILES string of the molecule is C=C(/C=C\SC)c1c(OC)cccc1OCc1ccccc1. The predicted octanol–water partition coefficient (Wildman–Crippen LogP) is 5.16. The summed E-state index contributed by atoms with van der Waals surface area (Å²) in [6.45, 7) is 4.64. The molecule has 0 bridgehead atoms. The first-order valence-corrected chi connectivity index (χ1v) is 8.27. The minimum Gasteiger partial charge on any atom is -0.496 e. The normalized spacial score (nSPS) is 10.6. The number of rotatable bonds is 7. The smallest absolute Gasteiger partial charge is 0.131 e. The fourth-order valence-electron chi connectivity index (χ4n) is 2.09. The second kappa shape index (κ2) is 8.35. The molecule has 0 atom stereocenters. The van der Waals surface area contributed by atoms with Gasteiger partial charge in [-0.3, -0.25) is 0 Å². The number of benzene rings is 2. The van der Waals surface area contributed by atoms with Crippen molar-refractivity contribution < 1.29 is 9.47 Å². The van der Waals surface area contributed by atoms with Crippen LogP contribution in [-0.2, 0) is 6.61 Å². The van der Waals surface area contributed by atoms with Crippen molar-refractivity contribution in [3.63, 3.8) is 0 Å². The first-order chi connectivity index (χ1) is 10.8. The van der Waals surface area contributed by atoms with Crippen molar-refractivity contribution in [2.45, 2.75) is 6.61 Å². The third-order valence-electron chi connectivity index (χ3n) is 3.17. The van der Waals surface area contributed by atoms with Crippen molar-refractivity contribution >= 4 is 17.3 Å². The van der Waals surface area contributed by atoms with E-state index in [1.165, 1.54) is 0 Å². The molecule has 0 fully saturated rings. The van der Waals surface area contributed by atoms with Gasteiger partial charge in [0.1, 0.15) is 18.1 Å². The van der Waals surface area contributed by atoms with E-state index in [1.807, 2.05) is 66.3 Å². The number of thioether (sulfide) groups is 1. The van der Waals surface area contributed by atoms with Crippen LogP contribution in [0.3, 0.4) is 0 Å². The van der Waals surface area contributed by atoms with Crippen molar-refractivity contribution in [2.24, 2.45) is 0 Å². The van der Waals surface area contributed by atoms with Gasteiger partial charge in [0.25, 0.3) is 0 Å². The summed E-state index contributed by atoms with van der Waals surface area (Å²) in [4.78, 5) is 0. The Morgan fingerprint density at radius 2 is 1.82 bits per heavy atom. The van der Waals surface area contributed by atoms with Crippen LogP contribution in [0, 0.1) is 0 Å². The lowest BCUT2D eigenvalue weighted by Crippen LogP contribution is -1.99. The molecule has 2 nitrogen and oxygen atoms in total. The van der Waals surface area contributed by atoms with Gasteiger partial charge in [-0.2, -0.15) is 0 Å². The van der Waals surface area contributed by atoms with Crippen LogP contribution in [0.2, 0.25) is 0 Å². The molecule has 2 rings (SSSR count). The van der Waals surface area contributed by atoms with E-state index in [0.717, 1.165) is 28.2 Å². The topological polar surface area (TPSA) is 18.5 Å². The first-order valence-electron chi connectivity index (χ1n) is 6.98.